The highest BCUT2D eigenvalue weighted by Crippen LogP contribution is 2.33. The number of nitrogens with zero attached hydrogens (tertiary/aromatic N) is 2. The monoisotopic (exact) mass is 860 g/mol. The van der Waals surface area contributed by atoms with Gasteiger partial charge in [-0.1, -0.05) is 43.5 Å². The smallest absolute Gasteiger partial charge is 0.407 e. The molecule has 1 aliphatic rings. The summed E-state index contributed by atoms with van der Waals surface area (Å²) in [6, 6.07) is 6.03. The van der Waals surface area contributed by atoms with Crippen molar-refractivity contribution in [1.82, 2.24) is 31.2 Å². The summed E-state index contributed by atoms with van der Waals surface area (Å²) in [5.74, 6) is -0.335. The summed E-state index contributed by atoms with van der Waals surface area (Å²) in [7, 11) is 0. The highest BCUT2D eigenvalue weighted by Gasteiger charge is 2.46. The number of thioether (sulfide) groups is 1. The largest absolute Gasteiger partial charge is 0.444 e. The van der Waals surface area contributed by atoms with Crippen LogP contribution < -0.4 is 21.3 Å². The Balaban J connectivity index is 1.60. The van der Waals surface area contributed by atoms with Crippen LogP contribution in [0.25, 0.3) is 10.4 Å². The van der Waals surface area contributed by atoms with Crippen molar-refractivity contribution in [3.63, 3.8) is 0 Å². The number of benzene rings is 1. The number of aromatic nitrogens is 1. The predicted molar refractivity (Wildman–Crippen MR) is 234 cm³/mol. The number of carbonyl (C=O) groups excluding carboxylic acids is 5. The molecule has 0 spiro atoms. The van der Waals surface area contributed by atoms with Crippen LogP contribution in [0.2, 0.25) is 0 Å². The number of aryl methyl sites for hydroxylation is 1. The summed E-state index contributed by atoms with van der Waals surface area (Å²) in [5, 5.41) is 22.2. The standard InChI is InChI=1S/C43H68N6O8S2/c1-29-35(58-28-47-29)31-20-18-30(19-21-31)26-46-37(52)33-25-32(50)27-49(33)38(53)36(48-34(51)17-13-12-15-23-45-40(55)57-42(5,6)7)43(8,9)59-24-16-11-10-14-22-44-39(54)56-41(2,3)4/h18-21,28,32-33,36,50H,10-17,22-27H2,1-9H3,(H,44,54)(H,45,55)(H,46,52)(H,48,51)/t32-,33+,36-/m1/s1. The van der Waals surface area contributed by atoms with Crippen molar-refractivity contribution < 1.29 is 38.6 Å². The van der Waals surface area contributed by atoms with Crippen molar-refractivity contribution in [2.24, 2.45) is 0 Å². The number of nitrogens with one attached hydrogen (secondary N) is 4. The van der Waals surface area contributed by atoms with Gasteiger partial charge in [0.1, 0.15) is 23.3 Å². The molecule has 330 valence electrons. The number of amides is 5. The van der Waals surface area contributed by atoms with E-state index in [1.807, 2.05) is 71.3 Å². The Morgan fingerprint density at radius 3 is 1.98 bits per heavy atom. The molecule has 1 fully saturated rings. The summed E-state index contributed by atoms with van der Waals surface area (Å²) in [6.07, 6.45) is 3.86. The first-order valence-corrected chi connectivity index (χ1v) is 22.6. The number of hydrogen-bond acceptors (Lipinski definition) is 11. The van der Waals surface area contributed by atoms with Gasteiger partial charge in [0.15, 0.2) is 0 Å². The Labute approximate surface area is 359 Å². The fourth-order valence-electron chi connectivity index (χ4n) is 6.49. The second-order valence-corrected chi connectivity index (χ2v) is 20.2. The second-order valence-electron chi connectivity index (χ2n) is 17.6. The molecule has 0 radical (unpaired) electrons. The Hall–Kier alpha value is -3.89. The normalized spacial score (nSPS) is 16.3. The van der Waals surface area contributed by atoms with Gasteiger partial charge in [-0.05, 0) is 105 Å². The first kappa shape index (κ1) is 49.5. The van der Waals surface area contributed by atoms with Crippen molar-refractivity contribution in [2.45, 2.75) is 161 Å². The van der Waals surface area contributed by atoms with Gasteiger partial charge in [-0.15, -0.1) is 11.3 Å². The number of hydrogen-bond donors (Lipinski definition) is 5. The maximum Gasteiger partial charge on any atom is 0.407 e. The third-order valence-corrected chi connectivity index (χ3v) is 12.0. The number of β-amino-alcohol motifs (C(OH)–C–C–N with tert-alkyl or cyclic N) is 1. The topological polar surface area (TPSA) is 188 Å². The molecule has 1 aromatic carbocycles. The zero-order valence-corrected chi connectivity index (χ0v) is 38.2. The molecule has 1 aliphatic heterocycles. The number of thiazole rings is 1. The summed E-state index contributed by atoms with van der Waals surface area (Å²) < 4.78 is 9.80. The van der Waals surface area contributed by atoms with E-state index in [1.165, 1.54) is 4.90 Å². The number of likely N-dealkylation sites (tertiary alicyclic amines) is 1. The molecule has 16 heteroatoms. The number of ether oxygens (including phenoxy) is 2. The first-order valence-electron chi connectivity index (χ1n) is 20.8. The third kappa shape index (κ3) is 18.1. The third-order valence-electron chi connectivity index (χ3n) is 9.50. The van der Waals surface area contributed by atoms with E-state index < -0.39 is 52.2 Å². The Kier molecular flexibility index (Phi) is 19.5. The van der Waals surface area contributed by atoms with E-state index in [0.29, 0.717) is 32.4 Å². The SMILES string of the molecule is Cc1ncsc1-c1ccc(CNC(=O)[C@@H]2C[C@@H](O)CN2C(=O)[C@@H](NC(=O)CCCCCNC(=O)OC(C)(C)C)C(C)(C)SCCCCCCNC(=O)OC(C)(C)C)cc1. The van der Waals surface area contributed by atoms with Crippen LogP contribution in [0, 0.1) is 6.92 Å². The van der Waals surface area contributed by atoms with Gasteiger partial charge in [-0.2, -0.15) is 11.8 Å². The lowest BCUT2D eigenvalue weighted by Crippen LogP contribution is -2.59. The van der Waals surface area contributed by atoms with Gasteiger partial charge in [-0.3, -0.25) is 14.4 Å². The lowest BCUT2D eigenvalue weighted by atomic mass is 10.00. The second kappa shape index (κ2) is 23.2. The molecule has 3 rings (SSSR count). The van der Waals surface area contributed by atoms with Gasteiger partial charge in [0.2, 0.25) is 17.7 Å². The number of aliphatic hydroxyl groups excluding tert-OH is 1. The molecule has 1 aromatic heterocycles. The van der Waals surface area contributed by atoms with Crippen LogP contribution in [-0.2, 0) is 30.4 Å². The van der Waals surface area contributed by atoms with Gasteiger partial charge in [-0.25, -0.2) is 14.6 Å². The zero-order valence-electron chi connectivity index (χ0n) is 36.5. The van der Waals surface area contributed by atoms with E-state index in [0.717, 1.165) is 53.1 Å². The quantitative estimate of drug-likeness (QED) is 0.0830. The van der Waals surface area contributed by atoms with Gasteiger partial charge in [0.25, 0.3) is 0 Å². The minimum Gasteiger partial charge on any atom is -0.444 e. The average molecular weight is 861 g/mol. The lowest BCUT2D eigenvalue weighted by molar-refractivity contribution is -0.142. The summed E-state index contributed by atoms with van der Waals surface area (Å²) >= 11 is 3.15. The van der Waals surface area contributed by atoms with Crippen molar-refractivity contribution in [2.75, 3.05) is 25.4 Å². The molecular formula is C43H68N6O8S2. The van der Waals surface area contributed by atoms with Crippen molar-refractivity contribution in [3.05, 3.63) is 41.0 Å². The summed E-state index contributed by atoms with van der Waals surface area (Å²) in [4.78, 5) is 72.3. The van der Waals surface area contributed by atoms with Crippen LogP contribution in [0.3, 0.4) is 0 Å². The molecule has 1 saturated heterocycles. The summed E-state index contributed by atoms with van der Waals surface area (Å²) in [5.41, 5.74) is 3.58. The molecule has 59 heavy (non-hydrogen) atoms. The highest BCUT2D eigenvalue weighted by atomic mass is 32.2. The van der Waals surface area contributed by atoms with Gasteiger partial charge in [0, 0.05) is 43.8 Å². The van der Waals surface area contributed by atoms with Crippen molar-refractivity contribution >= 4 is 53.0 Å². The number of rotatable bonds is 21. The predicted octanol–water partition coefficient (Wildman–Crippen LogP) is 6.86. The van der Waals surface area contributed by atoms with E-state index in [4.69, 9.17) is 9.47 Å². The van der Waals surface area contributed by atoms with Crippen LogP contribution >= 0.6 is 23.1 Å². The fourth-order valence-corrected chi connectivity index (χ4v) is 8.51. The van der Waals surface area contributed by atoms with Crippen LogP contribution in [0.1, 0.15) is 124 Å². The minimum atomic E-state index is -0.963. The molecule has 0 saturated carbocycles. The Morgan fingerprint density at radius 1 is 0.847 bits per heavy atom. The Morgan fingerprint density at radius 2 is 1.42 bits per heavy atom. The average Bonchev–Trinajstić information content (AvgIpc) is 3.75. The number of unbranched alkanes of at least 4 members (excludes halogenated alkanes) is 5. The molecule has 3 atom stereocenters. The molecule has 0 unspecified atom stereocenters. The molecule has 14 nitrogen and oxygen atoms in total. The Bertz CT molecular complexity index is 1670. The maximum absolute atomic E-state index is 14.5. The van der Waals surface area contributed by atoms with Crippen LogP contribution in [-0.4, -0.2) is 104 Å². The summed E-state index contributed by atoms with van der Waals surface area (Å²) in [6.45, 7) is 17.8. The fraction of sp³-hybridized carbons (Fsp3) is 0.674. The van der Waals surface area contributed by atoms with Crippen LogP contribution in [0.15, 0.2) is 29.8 Å². The molecule has 0 bridgehead atoms. The molecule has 5 N–H and O–H groups in total. The highest BCUT2D eigenvalue weighted by molar-refractivity contribution is 8.00. The van der Waals surface area contributed by atoms with Gasteiger partial charge in [0.05, 0.1) is 22.2 Å². The molecular weight excluding hydrogens is 793 g/mol. The van der Waals surface area contributed by atoms with E-state index in [-0.39, 0.29) is 37.7 Å². The number of alkyl carbamates (subject to hydrolysis) is 2. The van der Waals surface area contributed by atoms with E-state index in [9.17, 15) is 29.1 Å². The van der Waals surface area contributed by atoms with E-state index in [2.05, 4.69) is 26.3 Å². The van der Waals surface area contributed by atoms with Crippen LogP contribution in [0.4, 0.5) is 9.59 Å². The molecule has 0 aliphatic carbocycles. The van der Waals surface area contributed by atoms with E-state index in [1.54, 1.807) is 43.9 Å². The molecule has 5 amide bonds. The van der Waals surface area contributed by atoms with Crippen LogP contribution in [0.5, 0.6) is 0 Å². The zero-order chi connectivity index (χ0) is 43.8. The molecule has 2 aromatic rings. The first-order chi connectivity index (χ1) is 27.6. The number of carbonyl (C=O) groups is 5. The molecule has 2 heterocycles. The maximum atomic E-state index is 14.5. The van der Waals surface area contributed by atoms with Crippen molar-refractivity contribution in [3.8, 4) is 10.4 Å². The van der Waals surface area contributed by atoms with Gasteiger partial charge < -0.3 is 40.7 Å². The number of aliphatic hydroxyl groups is 1. The van der Waals surface area contributed by atoms with Gasteiger partial charge >= 0.3 is 12.2 Å². The lowest BCUT2D eigenvalue weighted by Gasteiger charge is -2.37. The minimum absolute atomic E-state index is 0.0189. The van der Waals surface area contributed by atoms with E-state index >= 15 is 0 Å². The van der Waals surface area contributed by atoms with Crippen molar-refractivity contribution in [1.29, 1.82) is 0 Å².